The lowest BCUT2D eigenvalue weighted by Gasteiger charge is -2.27. The fourth-order valence-corrected chi connectivity index (χ4v) is 5.41. The van der Waals surface area contributed by atoms with E-state index < -0.39 is 21.6 Å². The molecule has 0 fully saturated rings. The SMILES string of the molecule is CCS(=O)(=O)c1ccc(CNC(=O)c2cnc3c(c2)CN(Cc2ccc(C(F)(F)F)cc2)[C@H]3C(C)C)nc1. The number of rotatable bonds is 8. The normalized spacial score (nSPS) is 16.0. The Labute approximate surface area is 220 Å². The average molecular weight is 547 g/mol. The van der Waals surface area contributed by atoms with Crippen LogP contribution < -0.4 is 5.32 Å². The van der Waals surface area contributed by atoms with Gasteiger partial charge in [0.1, 0.15) is 0 Å². The van der Waals surface area contributed by atoms with Crippen LogP contribution >= 0.6 is 0 Å². The highest BCUT2D eigenvalue weighted by Crippen LogP contribution is 2.39. The summed E-state index contributed by atoms with van der Waals surface area (Å²) >= 11 is 0. The monoisotopic (exact) mass is 546 g/mol. The van der Waals surface area contributed by atoms with E-state index in [1.54, 1.807) is 19.1 Å². The van der Waals surface area contributed by atoms with Crippen molar-refractivity contribution in [1.82, 2.24) is 20.2 Å². The van der Waals surface area contributed by atoms with Gasteiger partial charge in [-0.1, -0.05) is 32.9 Å². The second-order valence-corrected chi connectivity index (χ2v) is 11.9. The van der Waals surface area contributed by atoms with Crippen LogP contribution in [0.4, 0.5) is 13.2 Å². The summed E-state index contributed by atoms with van der Waals surface area (Å²) in [5, 5.41) is 2.78. The molecule has 0 saturated carbocycles. The van der Waals surface area contributed by atoms with Crippen molar-refractivity contribution < 1.29 is 26.4 Å². The fourth-order valence-electron chi connectivity index (χ4n) is 4.59. The Balaban J connectivity index is 1.44. The molecule has 3 aromatic rings. The number of pyridine rings is 2. The second kappa shape index (κ2) is 10.8. The van der Waals surface area contributed by atoms with Gasteiger partial charge in [0.15, 0.2) is 9.84 Å². The highest BCUT2D eigenvalue weighted by molar-refractivity contribution is 7.91. The predicted molar refractivity (Wildman–Crippen MR) is 136 cm³/mol. The molecule has 0 unspecified atom stereocenters. The minimum atomic E-state index is -4.38. The van der Waals surface area contributed by atoms with Crippen LogP contribution in [0.25, 0.3) is 0 Å². The molecular formula is C27H29F3N4O3S. The number of amides is 1. The molecule has 4 rings (SSSR count). The van der Waals surface area contributed by atoms with Crippen LogP contribution in [-0.4, -0.2) is 34.9 Å². The van der Waals surface area contributed by atoms with E-state index in [2.05, 4.69) is 34.0 Å². The molecule has 1 aliphatic heterocycles. The molecule has 0 saturated heterocycles. The van der Waals surface area contributed by atoms with E-state index in [0.29, 0.717) is 24.3 Å². The largest absolute Gasteiger partial charge is 0.416 e. The summed E-state index contributed by atoms with van der Waals surface area (Å²) in [7, 11) is -3.35. The van der Waals surface area contributed by atoms with Crippen LogP contribution in [0, 0.1) is 5.92 Å². The van der Waals surface area contributed by atoms with E-state index in [9.17, 15) is 26.4 Å². The van der Waals surface area contributed by atoms with Crippen LogP contribution in [0.5, 0.6) is 0 Å². The number of aromatic nitrogens is 2. The predicted octanol–water partition coefficient (Wildman–Crippen LogP) is 4.93. The van der Waals surface area contributed by atoms with Crippen molar-refractivity contribution in [2.75, 3.05) is 5.75 Å². The molecule has 2 aromatic heterocycles. The summed E-state index contributed by atoms with van der Waals surface area (Å²) in [5.74, 6) is -0.159. The molecule has 1 N–H and O–H groups in total. The van der Waals surface area contributed by atoms with Gasteiger partial charge in [0.2, 0.25) is 0 Å². The summed E-state index contributed by atoms with van der Waals surface area (Å²) in [6, 6.07) is 9.97. The van der Waals surface area contributed by atoms with Gasteiger partial charge in [0.25, 0.3) is 5.91 Å². The van der Waals surface area contributed by atoms with Gasteiger partial charge in [-0.05, 0) is 47.4 Å². The molecule has 3 heterocycles. The number of hydrogen-bond acceptors (Lipinski definition) is 6. The zero-order chi connectivity index (χ0) is 27.7. The minimum Gasteiger partial charge on any atom is -0.346 e. The van der Waals surface area contributed by atoms with Gasteiger partial charge in [-0.3, -0.25) is 19.7 Å². The standard InChI is InChI=1S/C27H29F3N4O3S/c1-4-38(36,37)23-10-9-22(31-14-23)13-33-26(35)19-11-20-16-34(25(17(2)3)24(20)32-12-19)15-18-5-7-21(8-6-18)27(28,29)30/h5-12,14,17,25H,4,13,15-16H2,1-3H3,(H,33,35)/t25-/m0/s1. The highest BCUT2D eigenvalue weighted by atomic mass is 32.2. The van der Waals surface area contributed by atoms with Crippen molar-refractivity contribution >= 4 is 15.7 Å². The molecule has 11 heteroatoms. The van der Waals surface area contributed by atoms with E-state index in [0.717, 1.165) is 29.0 Å². The minimum absolute atomic E-state index is 0.0183. The first-order chi connectivity index (χ1) is 17.9. The Morgan fingerprint density at radius 1 is 1.11 bits per heavy atom. The Morgan fingerprint density at radius 2 is 1.82 bits per heavy atom. The molecule has 1 aliphatic rings. The third-order valence-electron chi connectivity index (χ3n) is 6.58. The molecule has 38 heavy (non-hydrogen) atoms. The molecule has 1 atom stereocenters. The van der Waals surface area contributed by atoms with Gasteiger partial charge in [0, 0.05) is 25.5 Å². The van der Waals surface area contributed by atoms with Crippen molar-refractivity contribution in [3.63, 3.8) is 0 Å². The molecule has 0 spiro atoms. The molecule has 0 bridgehead atoms. The first kappa shape index (κ1) is 27.7. The first-order valence-corrected chi connectivity index (χ1v) is 13.9. The van der Waals surface area contributed by atoms with Crippen molar-refractivity contribution in [3.05, 3.63) is 88.5 Å². The zero-order valence-electron chi connectivity index (χ0n) is 21.3. The van der Waals surface area contributed by atoms with Gasteiger partial charge >= 0.3 is 6.18 Å². The number of nitrogens with zero attached hydrogens (tertiary/aromatic N) is 3. The number of fused-ring (bicyclic) bond motifs is 1. The lowest BCUT2D eigenvalue weighted by molar-refractivity contribution is -0.137. The smallest absolute Gasteiger partial charge is 0.346 e. The molecule has 0 radical (unpaired) electrons. The number of carbonyl (C=O) groups is 1. The third-order valence-corrected chi connectivity index (χ3v) is 8.30. The summed E-state index contributed by atoms with van der Waals surface area (Å²) in [4.78, 5) is 23.8. The van der Waals surface area contributed by atoms with Gasteiger partial charge in [0.05, 0.1) is 45.7 Å². The summed E-state index contributed by atoms with van der Waals surface area (Å²) in [5.41, 5.74) is 2.74. The van der Waals surface area contributed by atoms with Gasteiger partial charge in [-0.15, -0.1) is 0 Å². The lowest BCUT2D eigenvalue weighted by Crippen LogP contribution is -2.26. The quantitative estimate of drug-likeness (QED) is 0.431. The van der Waals surface area contributed by atoms with E-state index >= 15 is 0 Å². The molecule has 0 aliphatic carbocycles. The van der Waals surface area contributed by atoms with Gasteiger partial charge in [-0.25, -0.2) is 8.42 Å². The molecule has 1 aromatic carbocycles. The van der Waals surface area contributed by atoms with Gasteiger partial charge in [-0.2, -0.15) is 13.2 Å². The van der Waals surface area contributed by atoms with Crippen LogP contribution in [0.15, 0.2) is 59.8 Å². The van der Waals surface area contributed by atoms with Crippen LogP contribution in [-0.2, 0) is 35.6 Å². The van der Waals surface area contributed by atoms with Crippen molar-refractivity contribution in [2.24, 2.45) is 5.92 Å². The van der Waals surface area contributed by atoms with Crippen molar-refractivity contribution in [3.8, 4) is 0 Å². The first-order valence-electron chi connectivity index (χ1n) is 12.2. The van der Waals surface area contributed by atoms with Crippen LogP contribution in [0.2, 0.25) is 0 Å². The average Bonchev–Trinajstić information content (AvgIpc) is 3.24. The zero-order valence-corrected chi connectivity index (χ0v) is 22.1. The van der Waals surface area contributed by atoms with E-state index in [1.807, 2.05) is 0 Å². The third kappa shape index (κ3) is 6.05. The Morgan fingerprint density at radius 3 is 2.39 bits per heavy atom. The topological polar surface area (TPSA) is 92.3 Å². The maximum atomic E-state index is 12.9. The van der Waals surface area contributed by atoms with Crippen molar-refractivity contribution in [1.29, 1.82) is 0 Å². The Kier molecular flexibility index (Phi) is 7.89. The summed E-state index contributed by atoms with van der Waals surface area (Å²) in [6.07, 6.45) is -1.57. The summed E-state index contributed by atoms with van der Waals surface area (Å²) < 4.78 is 62.6. The molecule has 7 nitrogen and oxygen atoms in total. The van der Waals surface area contributed by atoms with Crippen molar-refractivity contribution in [2.45, 2.75) is 57.5 Å². The maximum Gasteiger partial charge on any atom is 0.416 e. The second-order valence-electron chi connectivity index (χ2n) is 9.63. The van der Waals surface area contributed by atoms with E-state index in [4.69, 9.17) is 0 Å². The number of sulfone groups is 1. The Hall–Kier alpha value is -3.31. The maximum absolute atomic E-state index is 12.9. The summed E-state index contributed by atoms with van der Waals surface area (Å²) in [6.45, 7) is 6.77. The van der Waals surface area contributed by atoms with Crippen LogP contribution in [0.1, 0.15) is 65.2 Å². The van der Waals surface area contributed by atoms with E-state index in [1.165, 1.54) is 30.6 Å². The number of halogens is 3. The lowest BCUT2D eigenvalue weighted by atomic mass is 9.99. The fraction of sp³-hybridized carbons (Fsp3) is 0.370. The molecule has 202 valence electrons. The number of alkyl halides is 3. The highest BCUT2D eigenvalue weighted by Gasteiger charge is 2.35. The number of carbonyl (C=O) groups excluding carboxylic acids is 1. The van der Waals surface area contributed by atoms with Crippen LogP contribution in [0.3, 0.4) is 0 Å². The van der Waals surface area contributed by atoms with Gasteiger partial charge < -0.3 is 5.32 Å². The number of hydrogen-bond donors (Lipinski definition) is 1. The Bertz CT molecular complexity index is 1410. The molecular weight excluding hydrogens is 517 g/mol. The molecule has 1 amide bonds. The number of nitrogens with one attached hydrogen (secondary N) is 1. The number of benzene rings is 1. The van der Waals surface area contributed by atoms with E-state index in [-0.39, 0.29) is 35.1 Å².